The quantitative estimate of drug-likeness (QED) is 0.825. The first-order chi connectivity index (χ1) is 9.19. The highest BCUT2D eigenvalue weighted by atomic mass is 16.5. The van der Waals surface area contributed by atoms with E-state index in [2.05, 4.69) is 10.3 Å². The molecule has 1 heterocycles. The lowest BCUT2D eigenvalue weighted by atomic mass is 10.2. The molecule has 1 aromatic heterocycles. The second kappa shape index (κ2) is 5.86. The van der Waals surface area contributed by atoms with Crippen LogP contribution in [0.3, 0.4) is 0 Å². The Morgan fingerprint density at radius 2 is 2.16 bits per heavy atom. The summed E-state index contributed by atoms with van der Waals surface area (Å²) in [5.74, 6) is -0.242. The highest BCUT2D eigenvalue weighted by Crippen LogP contribution is 2.20. The molecule has 19 heavy (non-hydrogen) atoms. The fraction of sp³-hybridized carbons (Fsp3) is 0.143. The zero-order valence-electron chi connectivity index (χ0n) is 10.5. The van der Waals surface area contributed by atoms with E-state index >= 15 is 0 Å². The zero-order chi connectivity index (χ0) is 13.7. The van der Waals surface area contributed by atoms with Crippen molar-refractivity contribution >= 4 is 17.3 Å². The maximum Gasteiger partial charge on any atom is 0.339 e. The molecule has 0 fully saturated rings. The van der Waals surface area contributed by atoms with Gasteiger partial charge in [0.2, 0.25) is 0 Å². The van der Waals surface area contributed by atoms with E-state index in [0.29, 0.717) is 23.5 Å². The molecule has 2 rings (SSSR count). The summed E-state index contributed by atoms with van der Waals surface area (Å²) in [6.07, 6.45) is 3.04. The molecule has 0 saturated heterocycles. The predicted octanol–water partition coefficient (Wildman–Crippen LogP) is 2.71. The second-order valence-corrected chi connectivity index (χ2v) is 3.86. The second-order valence-electron chi connectivity index (χ2n) is 3.86. The molecule has 0 radical (unpaired) electrons. The molecule has 0 aliphatic heterocycles. The van der Waals surface area contributed by atoms with E-state index < -0.39 is 5.97 Å². The first kappa shape index (κ1) is 12.9. The lowest BCUT2D eigenvalue weighted by molar-refractivity contribution is 0.0526. The monoisotopic (exact) mass is 258 g/mol. The van der Waals surface area contributed by atoms with Crippen LogP contribution < -0.4 is 5.32 Å². The summed E-state index contributed by atoms with van der Waals surface area (Å²) in [5.41, 5.74) is 1.74. The van der Waals surface area contributed by atoms with Crippen LogP contribution in [0.5, 0.6) is 5.75 Å². The minimum atomic E-state index is -0.408. The lowest BCUT2D eigenvalue weighted by Crippen LogP contribution is -2.05. The third-order valence-electron chi connectivity index (χ3n) is 2.38. The number of rotatable bonds is 4. The molecule has 0 aliphatic rings. The van der Waals surface area contributed by atoms with Gasteiger partial charge in [-0.15, -0.1) is 0 Å². The molecule has 0 unspecified atom stereocenters. The van der Waals surface area contributed by atoms with E-state index in [9.17, 15) is 9.90 Å². The Labute approximate surface area is 110 Å². The Hall–Kier alpha value is -2.56. The molecule has 0 bridgehead atoms. The summed E-state index contributed by atoms with van der Waals surface area (Å²) in [5, 5.41) is 12.4. The number of aromatic nitrogens is 1. The number of ether oxygens (including phenoxy) is 1. The molecule has 0 amide bonds. The van der Waals surface area contributed by atoms with Crippen molar-refractivity contribution in [3.8, 4) is 5.75 Å². The van der Waals surface area contributed by atoms with Gasteiger partial charge in [-0.2, -0.15) is 0 Å². The van der Waals surface area contributed by atoms with E-state index in [1.54, 1.807) is 43.5 Å². The van der Waals surface area contributed by atoms with Gasteiger partial charge in [-0.1, -0.05) is 6.07 Å². The Bertz CT molecular complexity index is 584. The number of aromatic hydroxyl groups is 1. The highest BCUT2D eigenvalue weighted by molar-refractivity contribution is 5.90. The van der Waals surface area contributed by atoms with Gasteiger partial charge in [-0.05, 0) is 25.1 Å². The number of nitrogens with one attached hydrogen (secondary N) is 1. The summed E-state index contributed by atoms with van der Waals surface area (Å²) in [7, 11) is 0. The minimum Gasteiger partial charge on any atom is -0.508 e. The predicted molar refractivity (Wildman–Crippen MR) is 71.6 cm³/mol. The van der Waals surface area contributed by atoms with Crippen LogP contribution in [-0.4, -0.2) is 22.7 Å². The molecule has 5 heteroatoms. The van der Waals surface area contributed by atoms with E-state index in [0.717, 1.165) is 0 Å². The standard InChI is InChI=1S/C14H14N2O3/c1-2-19-14(18)10-6-12(9-15-8-10)16-11-4-3-5-13(17)7-11/h3-9,16-17H,2H2,1H3. The SMILES string of the molecule is CCOC(=O)c1cncc(Nc2cccc(O)c2)c1. The number of phenolic OH excluding ortho intramolecular Hbond substituents is 1. The average molecular weight is 258 g/mol. The topological polar surface area (TPSA) is 71.5 Å². The molecular formula is C14H14N2O3. The third-order valence-corrected chi connectivity index (χ3v) is 2.38. The van der Waals surface area contributed by atoms with E-state index in [1.807, 2.05) is 0 Å². The number of benzene rings is 1. The Morgan fingerprint density at radius 1 is 1.32 bits per heavy atom. The minimum absolute atomic E-state index is 0.166. The van der Waals surface area contributed by atoms with Crippen LogP contribution >= 0.6 is 0 Å². The molecule has 98 valence electrons. The molecule has 2 aromatic rings. The molecule has 2 N–H and O–H groups in total. The van der Waals surface area contributed by atoms with Crippen molar-refractivity contribution in [3.63, 3.8) is 0 Å². The Kier molecular flexibility index (Phi) is 3.97. The number of phenols is 1. The lowest BCUT2D eigenvalue weighted by Gasteiger charge is -2.08. The average Bonchev–Trinajstić information content (AvgIpc) is 2.39. The van der Waals surface area contributed by atoms with Crippen molar-refractivity contribution in [2.45, 2.75) is 6.92 Å². The molecule has 0 spiro atoms. The largest absolute Gasteiger partial charge is 0.508 e. The van der Waals surface area contributed by atoms with E-state index in [4.69, 9.17) is 4.74 Å². The maximum atomic E-state index is 11.6. The normalized spacial score (nSPS) is 9.95. The van der Waals surface area contributed by atoms with Crippen LogP contribution in [0.15, 0.2) is 42.7 Å². The molecule has 0 saturated carbocycles. The van der Waals surface area contributed by atoms with Gasteiger partial charge in [0.15, 0.2) is 0 Å². The van der Waals surface area contributed by atoms with Gasteiger partial charge in [-0.25, -0.2) is 4.79 Å². The fourth-order valence-electron chi connectivity index (χ4n) is 1.58. The van der Waals surface area contributed by atoms with Crippen LogP contribution in [0.2, 0.25) is 0 Å². The number of anilines is 2. The zero-order valence-corrected chi connectivity index (χ0v) is 10.5. The highest BCUT2D eigenvalue weighted by Gasteiger charge is 2.07. The summed E-state index contributed by atoms with van der Waals surface area (Å²) < 4.78 is 4.91. The summed E-state index contributed by atoms with van der Waals surface area (Å²) in [6.45, 7) is 2.07. The van der Waals surface area contributed by atoms with Crippen LogP contribution in [-0.2, 0) is 4.74 Å². The van der Waals surface area contributed by atoms with Gasteiger partial charge < -0.3 is 15.2 Å². The smallest absolute Gasteiger partial charge is 0.339 e. The van der Waals surface area contributed by atoms with Gasteiger partial charge in [0.05, 0.1) is 24.1 Å². The number of esters is 1. The Morgan fingerprint density at radius 3 is 2.89 bits per heavy atom. The fourth-order valence-corrected chi connectivity index (χ4v) is 1.58. The van der Waals surface area contributed by atoms with Gasteiger partial charge in [-0.3, -0.25) is 4.98 Å². The van der Waals surface area contributed by atoms with Crippen molar-refractivity contribution in [1.82, 2.24) is 4.98 Å². The van der Waals surface area contributed by atoms with Crippen LogP contribution in [0.25, 0.3) is 0 Å². The molecule has 5 nitrogen and oxygen atoms in total. The van der Waals surface area contributed by atoms with E-state index in [1.165, 1.54) is 6.20 Å². The number of pyridine rings is 1. The van der Waals surface area contributed by atoms with E-state index in [-0.39, 0.29) is 5.75 Å². The first-order valence-electron chi connectivity index (χ1n) is 5.87. The van der Waals surface area contributed by atoms with Gasteiger partial charge in [0, 0.05) is 18.0 Å². The number of hydrogen-bond donors (Lipinski definition) is 2. The molecular weight excluding hydrogens is 244 g/mol. The van der Waals surface area contributed by atoms with Crippen molar-refractivity contribution in [2.75, 3.05) is 11.9 Å². The van der Waals surface area contributed by atoms with Gasteiger partial charge in [0.25, 0.3) is 0 Å². The van der Waals surface area contributed by atoms with Crippen molar-refractivity contribution in [3.05, 3.63) is 48.3 Å². The molecule has 0 atom stereocenters. The van der Waals surface area contributed by atoms with Gasteiger partial charge in [0.1, 0.15) is 5.75 Å². The Balaban J connectivity index is 2.17. The van der Waals surface area contributed by atoms with Crippen LogP contribution in [0, 0.1) is 0 Å². The van der Waals surface area contributed by atoms with Crippen LogP contribution in [0.4, 0.5) is 11.4 Å². The number of carbonyl (C=O) groups is 1. The number of hydrogen-bond acceptors (Lipinski definition) is 5. The van der Waals surface area contributed by atoms with Crippen molar-refractivity contribution in [1.29, 1.82) is 0 Å². The van der Waals surface area contributed by atoms with Gasteiger partial charge >= 0.3 is 5.97 Å². The number of nitrogens with zero attached hydrogens (tertiary/aromatic N) is 1. The third kappa shape index (κ3) is 3.45. The maximum absolute atomic E-state index is 11.6. The summed E-state index contributed by atoms with van der Waals surface area (Å²) >= 11 is 0. The molecule has 1 aromatic carbocycles. The number of carbonyl (C=O) groups excluding carboxylic acids is 1. The summed E-state index contributed by atoms with van der Waals surface area (Å²) in [4.78, 5) is 15.6. The van der Waals surface area contributed by atoms with Crippen molar-refractivity contribution in [2.24, 2.45) is 0 Å². The van der Waals surface area contributed by atoms with Crippen LogP contribution in [0.1, 0.15) is 17.3 Å². The molecule has 0 aliphatic carbocycles. The summed E-state index contributed by atoms with van der Waals surface area (Å²) in [6, 6.07) is 8.33. The van der Waals surface area contributed by atoms with Crippen molar-refractivity contribution < 1.29 is 14.6 Å². The first-order valence-corrected chi connectivity index (χ1v) is 5.87.